The molecule has 1 unspecified atom stereocenters. The number of imidazole rings is 1. The number of nitrogens with zero attached hydrogens (tertiary/aromatic N) is 6. The van der Waals surface area contributed by atoms with Crippen molar-refractivity contribution in [2.24, 2.45) is 4.99 Å². The lowest BCUT2D eigenvalue weighted by molar-refractivity contribution is 0.177. The summed E-state index contributed by atoms with van der Waals surface area (Å²) >= 11 is 0. The Hall–Kier alpha value is -2.94. The van der Waals surface area contributed by atoms with Crippen molar-refractivity contribution in [3.8, 4) is 0 Å². The molecule has 1 atom stereocenters. The van der Waals surface area contributed by atoms with E-state index < -0.39 is 0 Å². The van der Waals surface area contributed by atoms with Gasteiger partial charge in [-0.05, 0) is 25.0 Å². The molecule has 4 rings (SSSR count). The monoisotopic (exact) mass is 396 g/mol. The van der Waals surface area contributed by atoms with Gasteiger partial charge in [0.2, 0.25) is 0 Å². The fourth-order valence-corrected chi connectivity index (χ4v) is 3.70. The minimum absolute atomic E-state index is 0.281. The molecule has 0 fully saturated rings. The molecule has 29 heavy (non-hydrogen) atoms. The third-order valence-electron chi connectivity index (χ3n) is 5.14. The predicted molar refractivity (Wildman–Crippen MR) is 112 cm³/mol. The van der Waals surface area contributed by atoms with Crippen LogP contribution in [0.15, 0.2) is 35.6 Å². The highest BCUT2D eigenvalue weighted by Gasteiger charge is 2.22. The van der Waals surface area contributed by atoms with Gasteiger partial charge in [-0.25, -0.2) is 14.6 Å². The fourth-order valence-electron chi connectivity index (χ4n) is 3.70. The second-order valence-electron chi connectivity index (χ2n) is 7.22. The molecule has 0 spiro atoms. The molecule has 1 aliphatic rings. The third kappa shape index (κ3) is 4.56. The van der Waals surface area contributed by atoms with Crippen molar-refractivity contribution in [2.75, 3.05) is 20.7 Å². The number of methoxy groups -OCH3 is 1. The van der Waals surface area contributed by atoms with E-state index in [9.17, 15) is 0 Å². The molecule has 0 amide bonds. The summed E-state index contributed by atoms with van der Waals surface area (Å²) < 4.78 is 9.30. The van der Waals surface area contributed by atoms with Crippen LogP contribution < -0.4 is 10.6 Å². The SMILES string of the molecule is CN=C(NCCCn1cnc2ccccc21)NC1CCc2nc(COC)nn2C1. The summed E-state index contributed by atoms with van der Waals surface area (Å²) in [4.78, 5) is 13.3. The Morgan fingerprint density at radius 2 is 2.24 bits per heavy atom. The molecule has 3 heterocycles. The third-order valence-corrected chi connectivity index (χ3v) is 5.14. The summed E-state index contributed by atoms with van der Waals surface area (Å²) in [6, 6.07) is 8.49. The lowest BCUT2D eigenvalue weighted by Gasteiger charge is -2.25. The Kier molecular flexibility index (Phi) is 6.04. The molecular weight excluding hydrogens is 368 g/mol. The maximum Gasteiger partial charge on any atom is 0.191 e. The van der Waals surface area contributed by atoms with Gasteiger partial charge in [0, 0.05) is 39.7 Å². The van der Waals surface area contributed by atoms with Gasteiger partial charge < -0.3 is 19.9 Å². The molecule has 0 bridgehead atoms. The summed E-state index contributed by atoms with van der Waals surface area (Å²) in [6.45, 7) is 2.99. The number of fused-ring (bicyclic) bond motifs is 2. The average Bonchev–Trinajstić information content (AvgIpc) is 3.33. The normalized spacial score (nSPS) is 16.8. The van der Waals surface area contributed by atoms with Crippen molar-refractivity contribution in [2.45, 2.75) is 45.0 Å². The quantitative estimate of drug-likeness (QED) is 0.356. The number of aryl methyl sites for hydroxylation is 2. The van der Waals surface area contributed by atoms with E-state index in [-0.39, 0.29) is 6.04 Å². The number of hydrogen-bond acceptors (Lipinski definition) is 5. The molecule has 2 aromatic heterocycles. The summed E-state index contributed by atoms with van der Waals surface area (Å²) in [5.74, 6) is 2.61. The first-order valence-electron chi connectivity index (χ1n) is 10.1. The number of hydrogen-bond donors (Lipinski definition) is 2. The van der Waals surface area contributed by atoms with Gasteiger partial charge in [0.25, 0.3) is 0 Å². The first-order valence-corrected chi connectivity index (χ1v) is 10.1. The molecule has 0 radical (unpaired) electrons. The molecule has 0 aliphatic carbocycles. The van der Waals surface area contributed by atoms with Crippen LogP contribution in [0.5, 0.6) is 0 Å². The first-order chi connectivity index (χ1) is 14.3. The van der Waals surface area contributed by atoms with E-state index in [1.54, 1.807) is 14.2 Å². The zero-order valence-corrected chi connectivity index (χ0v) is 17.0. The predicted octanol–water partition coefficient (Wildman–Crippen LogP) is 1.34. The van der Waals surface area contributed by atoms with Crippen LogP contribution in [0.25, 0.3) is 11.0 Å². The van der Waals surface area contributed by atoms with Crippen LogP contribution in [0.4, 0.5) is 0 Å². The zero-order chi connectivity index (χ0) is 20.1. The van der Waals surface area contributed by atoms with Gasteiger partial charge in [0.1, 0.15) is 12.4 Å². The zero-order valence-electron chi connectivity index (χ0n) is 17.0. The Labute approximate surface area is 170 Å². The molecule has 9 heteroatoms. The smallest absolute Gasteiger partial charge is 0.191 e. The molecule has 9 nitrogen and oxygen atoms in total. The number of nitrogens with one attached hydrogen (secondary N) is 2. The van der Waals surface area contributed by atoms with Crippen molar-refractivity contribution in [1.82, 2.24) is 34.9 Å². The van der Waals surface area contributed by atoms with Gasteiger partial charge in [-0.3, -0.25) is 4.99 Å². The lowest BCUT2D eigenvalue weighted by atomic mass is 10.1. The van der Waals surface area contributed by atoms with Gasteiger partial charge in [0.05, 0.1) is 23.9 Å². The van der Waals surface area contributed by atoms with Crippen LogP contribution in [0.3, 0.4) is 0 Å². The van der Waals surface area contributed by atoms with Crippen LogP contribution in [0, 0.1) is 0 Å². The van der Waals surface area contributed by atoms with Crippen molar-refractivity contribution in [3.05, 3.63) is 42.2 Å². The number of guanidine groups is 1. The van der Waals surface area contributed by atoms with E-state index in [1.807, 2.05) is 29.2 Å². The number of aromatic nitrogens is 5. The first kappa shape index (κ1) is 19.4. The number of aliphatic imine (C=N–C) groups is 1. The molecule has 0 saturated carbocycles. The van der Waals surface area contributed by atoms with Gasteiger partial charge in [-0.2, -0.15) is 5.10 Å². The van der Waals surface area contributed by atoms with E-state index in [4.69, 9.17) is 4.74 Å². The largest absolute Gasteiger partial charge is 0.377 e. The number of ether oxygens (including phenoxy) is 1. The molecule has 3 aromatic rings. The van der Waals surface area contributed by atoms with Gasteiger partial charge in [0.15, 0.2) is 11.8 Å². The highest BCUT2D eigenvalue weighted by atomic mass is 16.5. The number of para-hydroxylation sites is 2. The van der Waals surface area contributed by atoms with Crippen LogP contribution in [0.2, 0.25) is 0 Å². The van der Waals surface area contributed by atoms with Crippen molar-refractivity contribution in [1.29, 1.82) is 0 Å². The summed E-state index contributed by atoms with van der Waals surface area (Å²) in [7, 11) is 3.47. The number of rotatable bonds is 7. The maximum atomic E-state index is 5.13. The molecule has 1 aromatic carbocycles. The lowest BCUT2D eigenvalue weighted by Crippen LogP contribution is -2.47. The van der Waals surface area contributed by atoms with E-state index in [1.165, 1.54) is 5.52 Å². The molecular formula is C20H28N8O. The van der Waals surface area contributed by atoms with Gasteiger partial charge >= 0.3 is 0 Å². The highest BCUT2D eigenvalue weighted by molar-refractivity contribution is 5.80. The minimum atomic E-state index is 0.281. The summed E-state index contributed by atoms with van der Waals surface area (Å²) in [5.41, 5.74) is 2.21. The fraction of sp³-hybridized carbons (Fsp3) is 0.500. The highest BCUT2D eigenvalue weighted by Crippen LogP contribution is 2.14. The van der Waals surface area contributed by atoms with Crippen molar-refractivity contribution < 1.29 is 4.74 Å². The molecule has 154 valence electrons. The van der Waals surface area contributed by atoms with Crippen molar-refractivity contribution in [3.63, 3.8) is 0 Å². The Bertz CT molecular complexity index is 976. The van der Waals surface area contributed by atoms with Gasteiger partial charge in [-0.1, -0.05) is 12.1 Å². The second kappa shape index (κ2) is 9.04. The molecule has 0 saturated heterocycles. The average molecular weight is 396 g/mol. The van der Waals surface area contributed by atoms with Crippen LogP contribution in [-0.2, 0) is 30.9 Å². The van der Waals surface area contributed by atoms with E-state index in [0.29, 0.717) is 6.61 Å². The van der Waals surface area contributed by atoms with E-state index in [2.05, 4.69) is 41.3 Å². The minimum Gasteiger partial charge on any atom is -0.377 e. The summed E-state index contributed by atoms with van der Waals surface area (Å²) in [5, 5.41) is 11.5. The Balaban J connectivity index is 1.24. The Morgan fingerprint density at radius 1 is 1.34 bits per heavy atom. The Morgan fingerprint density at radius 3 is 3.10 bits per heavy atom. The topological polar surface area (TPSA) is 94.2 Å². The molecule has 2 N–H and O–H groups in total. The van der Waals surface area contributed by atoms with Gasteiger partial charge in [-0.15, -0.1) is 0 Å². The second-order valence-corrected chi connectivity index (χ2v) is 7.22. The summed E-state index contributed by atoms with van der Waals surface area (Å²) in [6.07, 6.45) is 4.80. The van der Waals surface area contributed by atoms with Crippen LogP contribution in [-0.4, -0.2) is 57.0 Å². The number of benzene rings is 1. The van der Waals surface area contributed by atoms with E-state index >= 15 is 0 Å². The molecule has 1 aliphatic heterocycles. The van der Waals surface area contributed by atoms with E-state index in [0.717, 1.165) is 62.0 Å². The van der Waals surface area contributed by atoms with Crippen LogP contribution in [0.1, 0.15) is 24.5 Å². The standard InChI is InChI=1S/C20H28N8O/c1-21-20(22-10-5-11-27-14-23-16-6-3-4-7-17(16)27)24-15-8-9-19-25-18(13-29-2)26-28(19)12-15/h3-4,6-7,14-15H,5,8-13H2,1-2H3,(H2,21,22,24). The van der Waals surface area contributed by atoms with Crippen LogP contribution >= 0.6 is 0 Å². The van der Waals surface area contributed by atoms with Crippen molar-refractivity contribution >= 4 is 17.0 Å². The maximum absolute atomic E-state index is 5.13.